The van der Waals surface area contributed by atoms with Crippen LogP contribution in [0.2, 0.25) is 0 Å². The van der Waals surface area contributed by atoms with Crippen molar-refractivity contribution in [2.24, 2.45) is 0 Å². The summed E-state index contributed by atoms with van der Waals surface area (Å²) in [6.45, 7) is 4.10. The Balaban J connectivity index is 1.49. The molecule has 26 heavy (non-hydrogen) atoms. The number of thiophene rings is 1. The number of hydrogen-bond donors (Lipinski definition) is 2. The van der Waals surface area contributed by atoms with Crippen LogP contribution in [0.5, 0.6) is 0 Å². The van der Waals surface area contributed by atoms with Crippen LogP contribution in [0.3, 0.4) is 0 Å². The van der Waals surface area contributed by atoms with E-state index in [9.17, 15) is 9.59 Å². The van der Waals surface area contributed by atoms with Gasteiger partial charge in [0.25, 0.3) is 11.1 Å². The van der Waals surface area contributed by atoms with Crippen LogP contribution in [0.15, 0.2) is 40.0 Å². The predicted octanol–water partition coefficient (Wildman–Crippen LogP) is 3.70. The number of hydrogen-bond acceptors (Lipinski definition) is 6. The Morgan fingerprint density at radius 3 is 2.85 bits per heavy atom. The molecule has 0 aliphatic heterocycles. The van der Waals surface area contributed by atoms with Crippen molar-refractivity contribution in [1.82, 2.24) is 15.8 Å². The van der Waals surface area contributed by atoms with Crippen LogP contribution >= 0.6 is 23.1 Å². The van der Waals surface area contributed by atoms with Gasteiger partial charge in [-0.3, -0.25) is 20.4 Å². The summed E-state index contributed by atoms with van der Waals surface area (Å²) in [6.07, 6.45) is 1.98. The predicted molar refractivity (Wildman–Crippen MR) is 103 cm³/mol. The van der Waals surface area contributed by atoms with Crippen LogP contribution in [0.4, 0.5) is 0 Å². The average Bonchev–Trinajstić information content (AvgIpc) is 3.21. The molecule has 0 atom stereocenters. The fourth-order valence-electron chi connectivity index (χ4n) is 2.41. The molecule has 0 unspecified atom stereocenters. The second kappa shape index (κ2) is 8.37. The van der Waals surface area contributed by atoms with Crippen LogP contribution < -0.4 is 10.9 Å². The van der Waals surface area contributed by atoms with Gasteiger partial charge in [-0.05, 0) is 37.1 Å². The van der Waals surface area contributed by atoms with E-state index in [0.717, 1.165) is 23.2 Å². The molecule has 1 aromatic carbocycles. The molecular weight excluding hydrogens is 370 g/mol. The number of aryl methyl sites for hydroxylation is 2. The quantitative estimate of drug-likeness (QED) is 0.496. The lowest BCUT2D eigenvalue weighted by molar-refractivity contribution is -0.119. The Kier molecular flexibility index (Phi) is 5.95. The number of para-hydroxylation sites is 2. The Morgan fingerprint density at radius 1 is 1.27 bits per heavy atom. The number of oxazole rings is 1. The van der Waals surface area contributed by atoms with Crippen LogP contribution in [0, 0.1) is 6.92 Å². The van der Waals surface area contributed by atoms with Crippen LogP contribution in [0.25, 0.3) is 11.1 Å². The van der Waals surface area contributed by atoms with Gasteiger partial charge in [0.1, 0.15) is 5.52 Å². The smallest absolute Gasteiger partial charge is 0.279 e. The summed E-state index contributed by atoms with van der Waals surface area (Å²) in [4.78, 5) is 30.1. The molecule has 0 aliphatic carbocycles. The van der Waals surface area contributed by atoms with Gasteiger partial charge in [0.2, 0.25) is 5.91 Å². The maximum absolute atomic E-state index is 12.2. The first-order chi connectivity index (χ1) is 12.6. The van der Waals surface area contributed by atoms with Gasteiger partial charge in [-0.25, -0.2) is 4.98 Å². The van der Waals surface area contributed by atoms with Gasteiger partial charge in [0.15, 0.2) is 5.58 Å². The molecule has 2 N–H and O–H groups in total. The number of benzene rings is 1. The molecule has 2 amide bonds. The Labute approximate surface area is 159 Å². The van der Waals surface area contributed by atoms with E-state index in [4.69, 9.17) is 4.42 Å². The van der Waals surface area contributed by atoms with Crippen LogP contribution in [-0.4, -0.2) is 22.6 Å². The fourth-order valence-corrected chi connectivity index (χ4v) is 4.02. The van der Waals surface area contributed by atoms with Crippen molar-refractivity contribution in [3.05, 3.63) is 45.6 Å². The second-order valence-corrected chi connectivity index (χ2v) is 7.86. The van der Waals surface area contributed by atoms with Gasteiger partial charge in [-0.1, -0.05) is 37.2 Å². The molecule has 0 spiro atoms. The lowest BCUT2D eigenvalue weighted by Crippen LogP contribution is -2.42. The van der Waals surface area contributed by atoms with E-state index < -0.39 is 0 Å². The molecule has 2 heterocycles. The van der Waals surface area contributed by atoms with Crippen LogP contribution in [-0.2, 0) is 11.2 Å². The summed E-state index contributed by atoms with van der Waals surface area (Å²) in [5.74, 6) is -0.536. The summed E-state index contributed by atoms with van der Waals surface area (Å²) in [7, 11) is 0. The lowest BCUT2D eigenvalue weighted by atomic mass is 10.1. The van der Waals surface area contributed by atoms with E-state index in [-0.39, 0.29) is 17.6 Å². The number of nitrogens with zero attached hydrogens (tertiary/aromatic N) is 1. The number of carbonyl (C=O) groups excluding carboxylic acids is 2. The zero-order valence-electron chi connectivity index (χ0n) is 14.5. The maximum Gasteiger partial charge on any atom is 0.279 e. The number of thioether (sulfide) groups is 1. The standard InChI is InChI=1S/C18H19N3O3S2/c1-3-6-12-9-15(26-11(12)2)17(23)21-20-16(22)10-25-18-19-13-7-4-5-8-14(13)24-18/h4-5,7-9H,3,6,10H2,1-2H3,(H,20,22)(H,21,23). The summed E-state index contributed by atoms with van der Waals surface area (Å²) < 4.78 is 5.54. The molecule has 136 valence electrons. The number of nitrogens with one attached hydrogen (secondary N) is 2. The summed E-state index contributed by atoms with van der Waals surface area (Å²) >= 11 is 2.61. The largest absolute Gasteiger partial charge is 0.431 e. The summed E-state index contributed by atoms with van der Waals surface area (Å²) in [6, 6.07) is 9.29. The fraction of sp³-hybridized carbons (Fsp3) is 0.278. The molecule has 0 saturated carbocycles. The highest BCUT2D eigenvalue weighted by atomic mass is 32.2. The molecule has 8 heteroatoms. The van der Waals surface area contributed by atoms with Crippen molar-refractivity contribution in [1.29, 1.82) is 0 Å². The molecule has 0 bridgehead atoms. The van der Waals surface area contributed by atoms with Gasteiger partial charge < -0.3 is 4.42 Å². The minimum absolute atomic E-state index is 0.0949. The van der Waals surface area contributed by atoms with Crippen molar-refractivity contribution in [2.75, 3.05) is 5.75 Å². The summed E-state index contributed by atoms with van der Waals surface area (Å²) in [5.41, 5.74) is 7.49. The molecular formula is C18H19N3O3S2. The highest BCUT2D eigenvalue weighted by molar-refractivity contribution is 7.99. The first kappa shape index (κ1) is 18.5. The van der Waals surface area contributed by atoms with Gasteiger partial charge in [0.05, 0.1) is 10.6 Å². The number of aromatic nitrogens is 1. The molecule has 3 aromatic rings. The third-order valence-electron chi connectivity index (χ3n) is 3.68. The zero-order valence-corrected chi connectivity index (χ0v) is 16.1. The first-order valence-corrected chi connectivity index (χ1v) is 10.0. The third kappa shape index (κ3) is 4.44. The van der Waals surface area contributed by atoms with Crippen molar-refractivity contribution in [3.8, 4) is 0 Å². The molecule has 0 radical (unpaired) electrons. The maximum atomic E-state index is 12.2. The molecule has 3 rings (SSSR count). The molecule has 2 aromatic heterocycles. The van der Waals surface area contributed by atoms with Crippen molar-refractivity contribution < 1.29 is 14.0 Å². The number of fused-ring (bicyclic) bond motifs is 1. The number of hydrazine groups is 1. The Hall–Kier alpha value is -2.32. The lowest BCUT2D eigenvalue weighted by Gasteiger charge is -2.04. The molecule has 0 fully saturated rings. The number of carbonyl (C=O) groups is 2. The Bertz CT molecular complexity index is 900. The topological polar surface area (TPSA) is 84.2 Å². The van der Waals surface area contributed by atoms with Crippen molar-refractivity contribution >= 4 is 46.0 Å². The van der Waals surface area contributed by atoms with Crippen molar-refractivity contribution in [2.45, 2.75) is 31.9 Å². The monoisotopic (exact) mass is 389 g/mol. The van der Waals surface area contributed by atoms with Crippen molar-refractivity contribution in [3.63, 3.8) is 0 Å². The second-order valence-electron chi connectivity index (χ2n) is 5.68. The Morgan fingerprint density at radius 2 is 2.08 bits per heavy atom. The van der Waals surface area contributed by atoms with Gasteiger partial charge in [0, 0.05) is 4.88 Å². The van der Waals surface area contributed by atoms with E-state index in [1.54, 1.807) is 0 Å². The highest BCUT2D eigenvalue weighted by Gasteiger charge is 2.14. The average molecular weight is 390 g/mol. The SMILES string of the molecule is CCCc1cc(C(=O)NNC(=O)CSc2nc3ccccc3o2)sc1C. The van der Waals surface area contributed by atoms with E-state index in [0.29, 0.717) is 15.7 Å². The van der Waals surface area contributed by atoms with Gasteiger partial charge in [-0.15, -0.1) is 11.3 Å². The van der Waals surface area contributed by atoms with E-state index in [1.165, 1.54) is 28.7 Å². The minimum atomic E-state index is -0.326. The number of amides is 2. The van der Waals surface area contributed by atoms with Gasteiger partial charge >= 0.3 is 0 Å². The molecule has 0 saturated heterocycles. The van der Waals surface area contributed by atoms with Crippen LogP contribution in [0.1, 0.15) is 33.5 Å². The zero-order chi connectivity index (χ0) is 18.5. The molecule has 6 nitrogen and oxygen atoms in total. The number of rotatable bonds is 6. The first-order valence-electron chi connectivity index (χ1n) is 8.23. The van der Waals surface area contributed by atoms with E-state index in [1.807, 2.05) is 37.3 Å². The normalized spacial score (nSPS) is 10.8. The minimum Gasteiger partial charge on any atom is -0.431 e. The third-order valence-corrected chi connectivity index (χ3v) is 5.60. The highest BCUT2D eigenvalue weighted by Crippen LogP contribution is 2.23. The van der Waals surface area contributed by atoms with E-state index >= 15 is 0 Å². The van der Waals surface area contributed by atoms with E-state index in [2.05, 4.69) is 22.8 Å². The molecule has 0 aliphatic rings. The summed E-state index contributed by atoms with van der Waals surface area (Å²) in [5, 5.41) is 0.422. The van der Waals surface area contributed by atoms with Gasteiger partial charge in [-0.2, -0.15) is 0 Å².